The zero-order chi connectivity index (χ0) is 20.6. The fourth-order valence-electron chi connectivity index (χ4n) is 2.76. The molecule has 1 fully saturated rings. The lowest BCUT2D eigenvalue weighted by Gasteiger charge is -2.44. The minimum atomic E-state index is -1.07. The van der Waals surface area contributed by atoms with Crippen molar-refractivity contribution in [3.8, 4) is 12.3 Å². The Balaban J connectivity index is 3.09. The fraction of sp³-hybridized carbons (Fsp3) is 0.667. The Labute approximate surface area is 158 Å². The lowest BCUT2D eigenvalue weighted by atomic mass is 9.92. The summed E-state index contributed by atoms with van der Waals surface area (Å²) in [6.45, 7) is 5.07. The number of rotatable bonds is 7. The van der Waals surface area contributed by atoms with Crippen LogP contribution in [0.1, 0.15) is 40.5 Å². The van der Waals surface area contributed by atoms with Gasteiger partial charge in [0.25, 0.3) is 0 Å². The smallest absolute Gasteiger partial charge is 0.303 e. The highest BCUT2D eigenvalue weighted by atomic mass is 16.6. The van der Waals surface area contributed by atoms with E-state index in [1.54, 1.807) is 6.92 Å². The average Bonchev–Trinajstić information content (AvgIpc) is 2.56. The quantitative estimate of drug-likeness (QED) is 0.374. The summed E-state index contributed by atoms with van der Waals surface area (Å²) < 4.78 is 21.4. The van der Waals surface area contributed by atoms with Crippen molar-refractivity contribution in [2.24, 2.45) is 0 Å². The molecular weight excluding hydrogens is 358 g/mol. The molecule has 1 saturated heterocycles. The molecule has 9 nitrogen and oxygen atoms in total. The molecule has 0 aromatic carbocycles. The van der Waals surface area contributed by atoms with E-state index in [-0.39, 0.29) is 25.4 Å². The molecule has 27 heavy (non-hydrogen) atoms. The molecule has 0 spiro atoms. The number of hydrogen-bond acceptors (Lipinski definition) is 8. The summed E-state index contributed by atoms with van der Waals surface area (Å²) in [4.78, 5) is 46.4. The van der Waals surface area contributed by atoms with Crippen molar-refractivity contribution in [1.82, 2.24) is 5.32 Å². The third kappa shape index (κ3) is 7.27. The number of terminal acetylenes is 1. The largest absolute Gasteiger partial charge is 0.463 e. The summed E-state index contributed by atoms with van der Waals surface area (Å²) in [5, 5.41) is 2.71. The van der Waals surface area contributed by atoms with Crippen molar-refractivity contribution >= 4 is 23.8 Å². The Kier molecular flexibility index (Phi) is 8.75. The maximum Gasteiger partial charge on any atom is 0.303 e. The van der Waals surface area contributed by atoms with E-state index >= 15 is 0 Å². The zero-order valence-corrected chi connectivity index (χ0v) is 15.9. The maximum atomic E-state index is 12.1. The summed E-state index contributed by atoms with van der Waals surface area (Å²) in [5.41, 5.74) is 0. The molecular formula is C18H25NO8. The molecule has 0 bridgehead atoms. The van der Waals surface area contributed by atoms with E-state index < -0.39 is 48.4 Å². The minimum absolute atomic E-state index is 0.0849. The zero-order valence-electron chi connectivity index (χ0n) is 15.9. The topological polar surface area (TPSA) is 117 Å². The van der Waals surface area contributed by atoms with Gasteiger partial charge >= 0.3 is 17.9 Å². The molecule has 9 heteroatoms. The second-order valence-corrected chi connectivity index (χ2v) is 6.13. The van der Waals surface area contributed by atoms with Crippen LogP contribution < -0.4 is 5.32 Å². The first-order valence-corrected chi connectivity index (χ1v) is 8.51. The summed E-state index contributed by atoms with van der Waals surface area (Å²) in [5.74, 6) is 0.205. The van der Waals surface area contributed by atoms with Crippen LogP contribution in [-0.4, -0.2) is 60.9 Å². The molecule has 0 aliphatic carbocycles. The van der Waals surface area contributed by atoms with Crippen molar-refractivity contribution in [1.29, 1.82) is 0 Å². The van der Waals surface area contributed by atoms with Gasteiger partial charge in [-0.05, 0) is 6.92 Å². The monoisotopic (exact) mass is 383 g/mol. The van der Waals surface area contributed by atoms with Gasteiger partial charge in [0.1, 0.15) is 12.7 Å². The first-order chi connectivity index (χ1) is 12.6. The minimum Gasteiger partial charge on any atom is -0.463 e. The Morgan fingerprint density at radius 1 is 1.04 bits per heavy atom. The molecule has 1 rings (SSSR count). The van der Waals surface area contributed by atoms with Crippen LogP contribution in [0.3, 0.4) is 0 Å². The molecule has 1 N–H and O–H groups in total. The van der Waals surface area contributed by atoms with Gasteiger partial charge in [0.15, 0.2) is 12.2 Å². The van der Waals surface area contributed by atoms with Crippen LogP contribution in [-0.2, 0) is 38.1 Å². The Hall–Kier alpha value is -2.60. The molecule has 1 aliphatic heterocycles. The Morgan fingerprint density at radius 3 is 2.15 bits per heavy atom. The van der Waals surface area contributed by atoms with Gasteiger partial charge < -0.3 is 24.3 Å². The second kappa shape index (κ2) is 10.5. The first-order valence-electron chi connectivity index (χ1n) is 8.51. The van der Waals surface area contributed by atoms with Gasteiger partial charge in [-0.1, -0.05) is 0 Å². The van der Waals surface area contributed by atoms with Gasteiger partial charge in [0.05, 0.1) is 12.1 Å². The normalized spacial score (nSPS) is 27.0. The van der Waals surface area contributed by atoms with Crippen LogP contribution in [0.15, 0.2) is 0 Å². The second-order valence-electron chi connectivity index (χ2n) is 6.13. The molecule has 1 amide bonds. The third-order valence-electron chi connectivity index (χ3n) is 3.82. The van der Waals surface area contributed by atoms with Crippen LogP contribution in [0.5, 0.6) is 0 Å². The summed E-state index contributed by atoms with van der Waals surface area (Å²) in [6, 6.07) is -0.780. The predicted molar refractivity (Wildman–Crippen MR) is 92.1 cm³/mol. The molecule has 1 heterocycles. The standard InChI is InChI=1S/C18H25NO8/c1-6-7-8-15(23)19-16-10(2)25-14(9-24-11(3)20)17(26-12(4)21)18(16)27-13(5)22/h1,10,14,16-18H,7-9H2,2-5H3,(H,19,23). The van der Waals surface area contributed by atoms with Gasteiger partial charge in [-0.15, -0.1) is 12.3 Å². The fourth-order valence-corrected chi connectivity index (χ4v) is 2.76. The number of nitrogens with one attached hydrogen (secondary N) is 1. The van der Waals surface area contributed by atoms with Gasteiger partial charge in [0.2, 0.25) is 5.91 Å². The summed E-state index contributed by atoms with van der Waals surface area (Å²) in [6.07, 6.45) is 1.92. The van der Waals surface area contributed by atoms with Gasteiger partial charge in [-0.3, -0.25) is 19.2 Å². The van der Waals surface area contributed by atoms with E-state index in [9.17, 15) is 19.2 Å². The van der Waals surface area contributed by atoms with Crippen molar-refractivity contribution in [3.05, 3.63) is 0 Å². The predicted octanol–water partition coefficient (Wildman–Crippen LogP) is 0.0984. The van der Waals surface area contributed by atoms with Crippen LogP contribution in [0, 0.1) is 12.3 Å². The molecule has 5 atom stereocenters. The molecule has 5 unspecified atom stereocenters. The van der Waals surface area contributed by atoms with Gasteiger partial charge in [0, 0.05) is 33.6 Å². The lowest BCUT2D eigenvalue weighted by molar-refractivity contribution is -0.221. The highest BCUT2D eigenvalue weighted by Crippen LogP contribution is 2.27. The molecule has 1 aliphatic rings. The van der Waals surface area contributed by atoms with Crippen LogP contribution in [0.2, 0.25) is 0 Å². The number of carbonyl (C=O) groups excluding carboxylic acids is 4. The number of esters is 3. The molecule has 0 saturated carbocycles. The first kappa shape index (κ1) is 22.4. The van der Waals surface area contributed by atoms with E-state index in [1.807, 2.05) is 0 Å². The van der Waals surface area contributed by atoms with Gasteiger partial charge in [-0.2, -0.15) is 0 Å². The molecule has 0 aromatic rings. The number of ether oxygens (including phenoxy) is 4. The molecule has 0 radical (unpaired) electrons. The van der Waals surface area contributed by atoms with Crippen molar-refractivity contribution in [3.63, 3.8) is 0 Å². The summed E-state index contributed by atoms with van der Waals surface area (Å²) in [7, 11) is 0. The molecule has 0 aromatic heterocycles. The van der Waals surface area contributed by atoms with Crippen molar-refractivity contribution in [2.45, 2.75) is 71.0 Å². The SMILES string of the molecule is C#CCCC(=O)NC1C(C)OC(COC(C)=O)C(OC(C)=O)C1OC(C)=O. The summed E-state index contributed by atoms with van der Waals surface area (Å²) >= 11 is 0. The van der Waals surface area contributed by atoms with E-state index in [1.165, 1.54) is 20.8 Å². The average molecular weight is 383 g/mol. The van der Waals surface area contributed by atoms with Crippen LogP contribution >= 0.6 is 0 Å². The highest BCUT2D eigenvalue weighted by Gasteiger charge is 2.49. The van der Waals surface area contributed by atoms with Crippen molar-refractivity contribution < 1.29 is 38.1 Å². The number of carbonyl (C=O) groups is 4. The van der Waals surface area contributed by atoms with E-state index in [0.717, 1.165) is 0 Å². The third-order valence-corrected chi connectivity index (χ3v) is 3.82. The number of hydrogen-bond donors (Lipinski definition) is 1. The highest BCUT2D eigenvalue weighted by molar-refractivity contribution is 5.77. The lowest BCUT2D eigenvalue weighted by Crippen LogP contribution is -2.65. The van der Waals surface area contributed by atoms with Crippen molar-refractivity contribution in [2.75, 3.05) is 6.61 Å². The Bertz CT molecular complexity index is 611. The van der Waals surface area contributed by atoms with E-state index in [2.05, 4.69) is 11.2 Å². The number of amides is 1. The van der Waals surface area contributed by atoms with Crippen LogP contribution in [0.25, 0.3) is 0 Å². The van der Waals surface area contributed by atoms with Gasteiger partial charge in [-0.25, -0.2) is 0 Å². The van der Waals surface area contributed by atoms with E-state index in [4.69, 9.17) is 25.4 Å². The Morgan fingerprint density at radius 2 is 1.63 bits per heavy atom. The maximum absolute atomic E-state index is 12.1. The molecule has 150 valence electrons. The van der Waals surface area contributed by atoms with E-state index in [0.29, 0.717) is 0 Å². The van der Waals surface area contributed by atoms with Crippen LogP contribution in [0.4, 0.5) is 0 Å².